The van der Waals surface area contributed by atoms with Crippen molar-refractivity contribution >= 4 is 11.3 Å². The molecular weight excluding hydrogens is 246 g/mol. The van der Waals surface area contributed by atoms with E-state index in [1.54, 1.807) is 12.1 Å². The molecule has 19 heavy (non-hydrogen) atoms. The molecule has 7 nitrogen and oxygen atoms in total. The van der Waals surface area contributed by atoms with E-state index < -0.39 is 4.92 Å². The third-order valence-corrected chi connectivity index (χ3v) is 2.90. The molecule has 2 aromatic heterocycles. The highest BCUT2D eigenvalue weighted by Crippen LogP contribution is 2.15. The van der Waals surface area contributed by atoms with Gasteiger partial charge in [0.25, 0.3) is 5.69 Å². The molecule has 1 aromatic carbocycles. The van der Waals surface area contributed by atoms with Crippen LogP contribution < -0.4 is 0 Å². The van der Waals surface area contributed by atoms with Gasteiger partial charge < -0.3 is 0 Å². The molecule has 3 rings (SSSR count). The molecule has 0 spiro atoms. The number of nitrogens with one attached hydrogen (secondary N) is 1. The second-order valence-corrected chi connectivity index (χ2v) is 4.35. The normalized spacial score (nSPS) is 11.0. The zero-order valence-corrected chi connectivity index (χ0v) is 10.2. The minimum atomic E-state index is -0.409. The van der Waals surface area contributed by atoms with Crippen LogP contribution in [0, 0.1) is 17.0 Å². The quantitative estimate of drug-likeness (QED) is 0.573. The molecule has 0 saturated heterocycles. The number of aromatic nitrogens is 4. The van der Waals surface area contributed by atoms with Crippen LogP contribution in [0.5, 0.6) is 0 Å². The van der Waals surface area contributed by atoms with Crippen molar-refractivity contribution in [1.29, 1.82) is 0 Å². The maximum Gasteiger partial charge on any atom is 0.269 e. The molecule has 0 radical (unpaired) electrons. The van der Waals surface area contributed by atoms with Crippen LogP contribution >= 0.6 is 0 Å². The summed E-state index contributed by atoms with van der Waals surface area (Å²) < 4.78 is 1.82. The molecule has 1 N–H and O–H groups in total. The van der Waals surface area contributed by atoms with Gasteiger partial charge >= 0.3 is 0 Å². The highest BCUT2D eigenvalue weighted by molar-refractivity contribution is 5.40. The largest absolute Gasteiger partial charge is 0.295 e. The van der Waals surface area contributed by atoms with Gasteiger partial charge in [-0.15, -0.1) is 10.2 Å². The summed E-state index contributed by atoms with van der Waals surface area (Å²) in [4.78, 5) is 10.2. The fourth-order valence-corrected chi connectivity index (χ4v) is 1.98. The van der Waals surface area contributed by atoms with Crippen molar-refractivity contribution in [3.05, 3.63) is 57.5 Å². The van der Waals surface area contributed by atoms with Gasteiger partial charge in [-0.25, -0.2) is 4.52 Å². The summed E-state index contributed by atoms with van der Waals surface area (Å²) in [5.41, 5.74) is 2.82. The molecule has 7 heteroatoms. The van der Waals surface area contributed by atoms with Crippen molar-refractivity contribution in [2.24, 2.45) is 0 Å². The summed E-state index contributed by atoms with van der Waals surface area (Å²) in [5.74, 6) is 0.775. The number of aromatic amines is 1. The van der Waals surface area contributed by atoms with Gasteiger partial charge in [0.05, 0.1) is 4.92 Å². The molecule has 0 aliphatic heterocycles. The van der Waals surface area contributed by atoms with Gasteiger partial charge in [0, 0.05) is 30.3 Å². The summed E-state index contributed by atoms with van der Waals surface area (Å²) in [6.45, 7) is 1.95. The van der Waals surface area contributed by atoms with Gasteiger partial charge in [-0.2, -0.15) is 0 Å². The predicted octanol–water partition coefficient (Wildman–Crippen LogP) is 1.86. The first-order valence-corrected chi connectivity index (χ1v) is 5.76. The van der Waals surface area contributed by atoms with Crippen LogP contribution in [0.3, 0.4) is 0 Å². The Kier molecular flexibility index (Phi) is 2.52. The summed E-state index contributed by atoms with van der Waals surface area (Å²) in [5, 5.41) is 21.9. The number of nitrogens with zero attached hydrogens (tertiary/aromatic N) is 4. The number of H-pyrrole nitrogens is 1. The standard InChI is InChI=1S/C12H11N5O2/c1-8-6-11-13-14-12(16(11)15-8)7-9-2-4-10(5-3-9)17(18)19/h2-6,15H,7H2,1H3. The lowest BCUT2D eigenvalue weighted by molar-refractivity contribution is -0.384. The topological polar surface area (TPSA) is 89.1 Å². The van der Waals surface area contributed by atoms with Crippen molar-refractivity contribution in [1.82, 2.24) is 19.8 Å². The Bertz CT molecular complexity index is 741. The second kappa shape index (κ2) is 4.20. The predicted molar refractivity (Wildman–Crippen MR) is 68.0 cm³/mol. The number of non-ortho nitro benzene ring substituents is 1. The Morgan fingerprint density at radius 1 is 1.32 bits per heavy atom. The summed E-state index contributed by atoms with van der Waals surface area (Å²) in [7, 11) is 0. The van der Waals surface area contributed by atoms with Crippen molar-refractivity contribution < 1.29 is 4.92 Å². The van der Waals surface area contributed by atoms with E-state index >= 15 is 0 Å². The third kappa shape index (κ3) is 2.05. The fourth-order valence-electron chi connectivity index (χ4n) is 1.98. The zero-order chi connectivity index (χ0) is 13.4. The van der Waals surface area contributed by atoms with E-state index in [0.29, 0.717) is 6.42 Å². The van der Waals surface area contributed by atoms with Crippen molar-refractivity contribution in [2.75, 3.05) is 0 Å². The number of aryl methyl sites for hydroxylation is 1. The first kappa shape index (κ1) is 11.4. The first-order chi connectivity index (χ1) is 9.13. The number of hydrogen-bond acceptors (Lipinski definition) is 4. The molecule has 0 atom stereocenters. The fraction of sp³-hybridized carbons (Fsp3) is 0.167. The summed E-state index contributed by atoms with van der Waals surface area (Å²) >= 11 is 0. The van der Waals surface area contributed by atoms with E-state index in [9.17, 15) is 10.1 Å². The van der Waals surface area contributed by atoms with Crippen molar-refractivity contribution in [3.63, 3.8) is 0 Å². The monoisotopic (exact) mass is 257 g/mol. The Morgan fingerprint density at radius 2 is 2.05 bits per heavy atom. The number of hydrogen-bond donors (Lipinski definition) is 1. The third-order valence-electron chi connectivity index (χ3n) is 2.90. The van der Waals surface area contributed by atoms with Crippen LogP contribution in [0.25, 0.3) is 5.65 Å². The van der Waals surface area contributed by atoms with Gasteiger partial charge in [0.2, 0.25) is 0 Å². The van der Waals surface area contributed by atoms with Crippen LogP contribution in [0.15, 0.2) is 30.3 Å². The molecule has 0 bridgehead atoms. The van der Waals surface area contributed by atoms with Crippen molar-refractivity contribution in [3.8, 4) is 0 Å². The van der Waals surface area contributed by atoms with E-state index in [4.69, 9.17) is 0 Å². The van der Waals surface area contributed by atoms with E-state index in [1.165, 1.54) is 12.1 Å². The average molecular weight is 257 g/mol. The number of benzene rings is 1. The van der Waals surface area contributed by atoms with E-state index in [0.717, 1.165) is 22.7 Å². The lowest BCUT2D eigenvalue weighted by Gasteiger charge is -1.99. The van der Waals surface area contributed by atoms with Crippen LogP contribution in [0.2, 0.25) is 0 Å². The van der Waals surface area contributed by atoms with Crippen LogP contribution in [-0.2, 0) is 6.42 Å². The lowest BCUT2D eigenvalue weighted by Crippen LogP contribution is -1.98. The first-order valence-electron chi connectivity index (χ1n) is 5.76. The maximum absolute atomic E-state index is 10.6. The Balaban J connectivity index is 1.90. The van der Waals surface area contributed by atoms with Gasteiger partial charge in [-0.3, -0.25) is 15.2 Å². The van der Waals surface area contributed by atoms with E-state index in [2.05, 4.69) is 15.3 Å². The molecule has 0 amide bonds. The van der Waals surface area contributed by atoms with Gasteiger partial charge in [-0.05, 0) is 12.5 Å². The Hall–Kier alpha value is -2.70. The van der Waals surface area contributed by atoms with Crippen LogP contribution in [0.1, 0.15) is 17.1 Å². The smallest absolute Gasteiger partial charge is 0.269 e. The molecule has 0 saturated carbocycles. The van der Waals surface area contributed by atoms with Crippen LogP contribution in [-0.4, -0.2) is 24.7 Å². The average Bonchev–Trinajstić information content (AvgIpc) is 2.91. The molecule has 0 unspecified atom stereocenters. The van der Waals surface area contributed by atoms with E-state index in [1.807, 2.05) is 17.5 Å². The van der Waals surface area contributed by atoms with Gasteiger partial charge in [0.1, 0.15) is 0 Å². The summed E-state index contributed by atoms with van der Waals surface area (Å²) in [6, 6.07) is 8.36. The van der Waals surface area contributed by atoms with Crippen molar-refractivity contribution in [2.45, 2.75) is 13.3 Å². The molecule has 0 fully saturated rings. The number of nitro benzene ring substituents is 1. The molecule has 2 heterocycles. The molecule has 96 valence electrons. The number of fused-ring (bicyclic) bond motifs is 1. The van der Waals surface area contributed by atoms with E-state index in [-0.39, 0.29) is 5.69 Å². The highest BCUT2D eigenvalue weighted by Gasteiger charge is 2.10. The molecule has 0 aliphatic carbocycles. The van der Waals surface area contributed by atoms with Crippen LogP contribution in [0.4, 0.5) is 5.69 Å². The number of nitro groups is 1. The van der Waals surface area contributed by atoms with Gasteiger partial charge in [-0.1, -0.05) is 12.1 Å². The zero-order valence-electron chi connectivity index (χ0n) is 10.2. The second-order valence-electron chi connectivity index (χ2n) is 4.35. The van der Waals surface area contributed by atoms with Gasteiger partial charge in [0.15, 0.2) is 11.5 Å². The molecule has 3 aromatic rings. The highest BCUT2D eigenvalue weighted by atomic mass is 16.6. The Morgan fingerprint density at radius 3 is 2.74 bits per heavy atom. The SMILES string of the molecule is Cc1cc2nnc(Cc3ccc([N+](=O)[O-])cc3)n2[nH]1. The lowest BCUT2D eigenvalue weighted by atomic mass is 10.1. The maximum atomic E-state index is 10.6. The number of rotatable bonds is 3. The Labute approximate surface area is 108 Å². The minimum absolute atomic E-state index is 0.0888. The minimum Gasteiger partial charge on any atom is -0.295 e. The molecule has 0 aliphatic rings. The summed E-state index contributed by atoms with van der Waals surface area (Å²) in [6.07, 6.45) is 0.569. The molecular formula is C12H11N5O2.